The van der Waals surface area contributed by atoms with Gasteiger partial charge in [-0.2, -0.15) is 4.98 Å². The molecule has 1 saturated carbocycles. The molecule has 1 aliphatic heterocycles. The summed E-state index contributed by atoms with van der Waals surface area (Å²) in [5, 5.41) is 13.8. The van der Waals surface area contributed by atoms with Gasteiger partial charge in [-0.05, 0) is 12.8 Å². The van der Waals surface area contributed by atoms with Crippen LogP contribution in [0.2, 0.25) is 0 Å². The van der Waals surface area contributed by atoms with Crippen LogP contribution in [0.5, 0.6) is 0 Å². The van der Waals surface area contributed by atoms with Gasteiger partial charge in [0.2, 0.25) is 5.89 Å². The van der Waals surface area contributed by atoms with Crippen molar-refractivity contribution in [1.29, 1.82) is 0 Å². The molecular weight excluding hydrogens is 282 g/mol. The molecule has 1 saturated heterocycles. The first-order valence-electron chi connectivity index (χ1n) is 8.48. The highest BCUT2D eigenvalue weighted by Gasteiger charge is 2.39. The maximum absolute atomic E-state index is 9.73. The van der Waals surface area contributed by atoms with E-state index in [1.807, 2.05) is 0 Å². The van der Waals surface area contributed by atoms with Crippen molar-refractivity contribution in [2.45, 2.75) is 50.5 Å². The smallest absolute Gasteiger partial charge is 0.231 e. The number of nitrogens with zero attached hydrogens (tertiary/aromatic N) is 3. The summed E-state index contributed by atoms with van der Waals surface area (Å²) in [6.45, 7) is 2.66. The number of aromatic nitrogens is 2. The van der Waals surface area contributed by atoms with Crippen LogP contribution in [0.1, 0.15) is 49.7 Å². The van der Waals surface area contributed by atoms with Crippen LogP contribution in [0.15, 0.2) is 4.52 Å². The molecule has 1 aromatic rings. The topological polar surface area (TPSA) is 71.6 Å². The van der Waals surface area contributed by atoms with Gasteiger partial charge in [0.05, 0.1) is 12.5 Å². The number of rotatable bonds is 6. The van der Waals surface area contributed by atoms with Crippen molar-refractivity contribution in [1.82, 2.24) is 15.0 Å². The van der Waals surface area contributed by atoms with Crippen LogP contribution in [0.3, 0.4) is 0 Å². The molecule has 0 spiro atoms. The average molecular weight is 309 g/mol. The van der Waals surface area contributed by atoms with Crippen LogP contribution in [0.4, 0.5) is 0 Å². The monoisotopic (exact) mass is 309 g/mol. The lowest BCUT2D eigenvalue weighted by molar-refractivity contribution is 0.169. The lowest BCUT2D eigenvalue weighted by Gasteiger charge is -2.31. The van der Waals surface area contributed by atoms with E-state index in [4.69, 9.17) is 9.26 Å². The Balaban J connectivity index is 1.65. The van der Waals surface area contributed by atoms with Gasteiger partial charge in [-0.1, -0.05) is 24.4 Å². The van der Waals surface area contributed by atoms with Crippen molar-refractivity contribution in [3.8, 4) is 0 Å². The fraction of sp³-hybridized carbons (Fsp3) is 0.875. The third-order valence-electron chi connectivity index (χ3n) is 5.13. The normalized spacial score (nSPS) is 27.5. The second-order valence-electron chi connectivity index (χ2n) is 6.59. The Morgan fingerprint density at radius 1 is 1.27 bits per heavy atom. The number of hydrogen-bond donors (Lipinski definition) is 1. The summed E-state index contributed by atoms with van der Waals surface area (Å²) in [6.07, 6.45) is 7.27. The molecule has 2 aliphatic rings. The molecule has 6 nitrogen and oxygen atoms in total. The van der Waals surface area contributed by atoms with Gasteiger partial charge in [0.15, 0.2) is 5.82 Å². The van der Waals surface area contributed by atoms with Crippen LogP contribution in [0, 0.1) is 5.92 Å². The lowest BCUT2D eigenvalue weighted by atomic mass is 9.94. The number of aliphatic hydroxyl groups is 1. The SMILES string of the molecule is COCCc1noc([C@@H]2CN(C3CCCCC3)C[C@H]2CO)n1. The van der Waals surface area contributed by atoms with E-state index in [9.17, 15) is 5.11 Å². The minimum atomic E-state index is 0.163. The number of likely N-dealkylation sites (tertiary alicyclic amines) is 1. The van der Waals surface area contributed by atoms with E-state index in [2.05, 4.69) is 15.0 Å². The summed E-state index contributed by atoms with van der Waals surface area (Å²) in [7, 11) is 1.67. The van der Waals surface area contributed by atoms with Gasteiger partial charge in [0, 0.05) is 45.2 Å². The quantitative estimate of drug-likeness (QED) is 0.860. The summed E-state index contributed by atoms with van der Waals surface area (Å²) in [4.78, 5) is 7.04. The van der Waals surface area contributed by atoms with Crippen LogP contribution >= 0.6 is 0 Å². The van der Waals surface area contributed by atoms with Crippen LogP contribution in [-0.4, -0.2) is 59.6 Å². The molecule has 6 heteroatoms. The summed E-state index contributed by atoms with van der Waals surface area (Å²) >= 11 is 0. The van der Waals surface area contributed by atoms with E-state index in [0.29, 0.717) is 30.8 Å². The Bertz CT molecular complexity index is 459. The predicted octanol–water partition coefficient (Wildman–Crippen LogP) is 1.60. The molecule has 22 heavy (non-hydrogen) atoms. The molecule has 0 aromatic carbocycles. The number of hydrogen-bond acceptors (Lipinski definition) is 6. The maximum Gasteiger partial charge on any atom is 0.231 e. The maximum atomic E-state index is 9.73. The van der Waals surface area contributed by atoms with Crippen LogP contribution in [0.25, 0.3) is 0 Å². The largest absolute Gasteiger partial charge is 0.396 e. The molecule has 1 aliphatic carbocycles. The number of aliphatic hydroxyl groups excluding tert-OH is 1. The molecule has 0 radical (unpaired) electrons. The fourth-order valence-electron chi connectivity index (χ4n) is 3.83. The van der Waals surface area contributed by atoms with Crippen molar-refractivity contribution in [2.24, 2.45) is 5.92 Å². The molecule has 1 N–H and O–H groups in total. The minimum absolute atomic E-state index is 0.163. The van der Waals surface area contributed by atoms with Gasteiger partial charge in [-0.3, -0.25) is 4.90 Å². The average Bonchev–Trinajstić information content (AvgIpc) is 3.20. The van der Waals surface area contributed by atoms with Crippen molar-refractivity contribution < 1.29 is 14.4 Å². The van der Waals surface area contributed by atoms with Crippen molar-refractivity contribution in [3.05, 3.63) is 11.7 Å². The zero-order valence-corrected chi connectivity index (χ0v) is 13.4. The fourth-order valence-corrected chi connectivity index (χ4v) is 3.83. The van der Waals surface area contributed by atoms with E-state index >= 15 is 0 Å². The molecule has 2 fully saturated rings. The number of ether oxygens (including phenoxy) is 1. The predicted molar refractivity (Wildman–Crippen MR) is 81.6 cm³/mol. The molecule has 124 valence electrons. The van der Waals surface area contributed by atoms with E-state index in [-0.39, 0.29) is 18.4 Å². The number of methoxy groups -OCH3 is 1. The minimum Gasteiger partial charge on any atom is -0.396 e. The second kappa shape index (κ2) is 7.53. The second-order valence-corrected chi connectivity index (χ2v) is 6.59. The van der Waals surface area contributed by atoms with E-state index < -0.39 is 0 Å². The lowest BCUT2D eigenvalue weighted by Crippen LogP contribution is -2.35. The Morgan fingerprint density at radius 3 is 2.82 bits per heavy atom. The molecule has 2 heterocycles. The molecule has 0 amide bonds. The van der Waals surface area contributed by atoms with Gasteiger partial charge in [-0.25, -0.2) is 0 Å². The van der Waals surface area contributed by atoms with Crippen molar-refractivity contribution in [2.75, 3.05) is 33.4 Å². The highest BCUT2D eigenvalue weighted by atomic mass is 16.5. The molecule has 2 atom stereocenters. The van der Waals surface area contributed by atoms with Crippen molar-refractivity contribution >= 4 is 0 Å². The zero-order valence-electron chi connectivity index (χ0n) is 13.4. The summed E-state index contributed by atoms with van der Waals surface area (Å²) in [6, 6.07) is 0.670. The summed E-state index contributed by atoms with van der Waals surface area (Å²) in [5.74, 6) is 1.75. The van der Waals surface area contributed by atoms with Crippen LogP contribution < -0.4 is 0 Å². The molecule has 3 rings (SSSR count). The molecule has 0 unspecified atom stereocenters. The Kier molecular flexibility index (Phi) is 5.44. The first kappa shape index (κ1) is 15.9. The van der Waals surface area contributed by atoms with Gasteiger partial charge >= 0.3 is 0 Å². The van der Waals surface area contributed by atoms with E-state index in [1.54, 1.807) is 7.11 Å². The Labute approximate surface area is 131 Å². The van der Waals surface area contributed by atoms with Gasteiger partial charge in [0.25, 0.3) is 0 Å². The summed E-state index contributed by atoms with van der Waals surface area (Å²) in [5.41, 5.74) is 0. The molecule has 1 aromatic heterocycles. The third-order valence-corrected chi connectivity index (χ3v) is 5.13. The highest BCUT2D eigenvalue weighted by Crippen LogP contribution is 2.35. The van der Waals surface area contributed by atoms with Gasteiger partial charge in [0.1, 0.15) is 0 Å². The highest BCUT2D eigenvalue weighted by molar-refractivity contribution is 5.04. The Morgan fingerprint density at radius 2 is 2.09 bits per heavy atom. The van der Waals surface area contributed by atoms with E-state index in [0.717, 1.165) is 13.1 Å². The first-order valence-corrected chi connectivity index (χ1v) is 8.48. The zero-order chi connectivity index (χ0) is 15.4. The summed E-state index contributed by atoms with van der Waals surface area (Å²) < 4.78 is 10.5. The van der Waals surface area contributed by atoms with Gasteiger partial charge < -0.3 is 14.4 Å². The molecular formula is C16H27N3O3. The van der Waals surface area contributed by atoms with E-state index in [1.165, 1.54) is 32.1 Å². The molecule has 0 bridgehead atoms. The van der Waals surface area contributed by atoms with Crippen LogP contribution in [-0.2, 0) is 11.2 Å². The third kappa shape index (κ3) is 3.50. The standard InChI is InChI=1S/C16H27N3O3/c1-21-8-7-15-17-16(22-18-15)14-10-19(9-12(14)11-20)13-5-3-2-4-6-13/h12-14,20H,2-11H2,1H3/t12-,14+/m0/s1. The first-order chi connectivity index (χ1) is 10.8. The van der Waals surface area contributed by atoms with Crippen molar-refractivity contribution in [3.63, 3.8) is 0 Å². The Hall–Kier alpha value is -0.980. The van der Waals surface area contributed by atoms with Gasteiger partial charge in [-0.15, -0.1) is 0 Å².